The summed E-state index contributed by atoms with van der Waals surface area (Å²) in [5.41, 5.74) is 12.3. The van der Waals surface area contributed by atoms with Crippen molar-refractivity contribution in [1.29, 1.82) is 0 Å². The first-order valence-corrected chi connectivity index (χ1v) is 10.1. The number of amides is 1. The molecule has 1 unspecified atom stereocenters. The smallest absolute Gasteiger partial charge is 0.237 e. The van der Waals surface area contributed by atoms with E-state index in [1.54, 1.807) is 6.92 Å². The van der Waals surface area contributed by atoms with E-state index in [9.17, 15) is 9.59 Å². The highest BCUT2D eigenvalue weighted by atomic mass is 32.2. The zero-order chi connectivity index (χ0) is 19.8. The van der Waals surface area contributed by atoms with E-state index < -0.39 is 6.04 Å². The van der Waals surface area contributed by atoms with Gasteiger partial charge in [0.2, 0.25) is 5.91 Å². The van der Waals surface area contributed by atoms with Crippen molar-refractivity contribution in [1.82, 2.24) is 5.32 Å². The lowest BCUT2D eigenvalue weighted by atomic mass is 10.1. The van der Waals surface area contributed by atoms with Gasteiger partial charge in [-0.15, -0.1) is 0 Å². The molecule has 148 valence electrons. The maximum Gasteiger partial charge on any atom is 0.237 e. The predicted octanol–water partition coefficient (Wildman–Crippen LogP) is 2.44. The number of rotatable bonds is 11. The van der Waals surface area contributed by atoms with E-state index in [1.165, 1.54) is 11.8 Å². The fraction of sp³-hybridized carbons (Fsp3) is 0.579. The number of nitrogens with two attached hydrogens (primary N) is 2. The van der Waals surface area contributed by atoms with Gasteiger partial charge in [0.25, 0.3) is 0 Å². The van der Waals surface area contributed by atoms with Gasteiger partial charge in [-0.05, 0) is 37.1 Å². The topological polar surface area (TPSA) is 107 Å². The zero-order valence-electron chi connectivity index (χ0n) is 16.1. The summed E-state index contributed by atoms with van der Waals surface area (Å²) < 4.78 is 5.57. The van der Waals surface area contributed by atoms with Crippen molar-refractivity contribution in [2.45, 2.75) is 51.8 Å². The summed E-state index contributed by atoms with van der Waals surface area (Å²) in [6, 6.07) is 7.08. The van der Waals surface area contributed by atoms with Crippen LogP contribution in [0.5, 0.6) is 5.75 Å². The van der Waals surface area contributed by atoms with Crippen molar-refractivity contribution in [2.24, 2.45) is 11.5 Å². The molecule has 1 aromatic carbocycles. The molecule has 5 N–H and O–H groups in total. The molecule has 1 atom stereocenters. The number of hydrogen-bond donors (Lipinski definition) is 3. The highest BCUT2D eigenvalue weighted by molar-refractivity contribution is 8.12. The molecule has 1 rings (SSSR count). The Morgan fingerprint density at radius 1 is 1.19 bits per heavy atom. The lowest BCUT2D eigenvalue weighted by Crippen LogP contribution is -2.42. The van der Waals surface area contributed by atoms with E-state index in [0.29, 0.717) is 31.9 Å². The Morgan fingerprint density at radius 3 is 2.42 bits per heavy atom. The summed E-state index contributed by atoms with van der Waals surface area (Å²) in [6.45, 7) is 6.96. The van der Waals surface area contributed by atoms with Gasteiger partial charge in [-0.1, -0.05) is 44.2 Å². The van der Waals surface area contributed by atoms with E-state index in [-0.39, 0.29) is 11.0 Å². The van der Waals surface area contributed by atoms with Gasteiger partial charge in [-0.3, -0.25) is 9.59 Å². The average Bonchev–Trinajstić information content (AvgIpc) is 2.66. The van der Waals surface area contributed by atoms with Crippen molar-refractivity contribution in [3.63, 3.8) is 0 Å². The minimum atomic E-state index is -0.491. The van der Waals surface area contributed by atoms with Crippen molar-refractivity contribution >= 4 is 22.8 Å². The molecule has 0 aliphatic carbocycles. The van der Waals surface area contributed by atoms with Gasteiger partial charge in [0.05, 0.1) is 12.6 Å². The van der Waals surface area contributed by atoms with Gasteiger partial charge in [0.15, 0.2) is 5.12 Å². The van der Waals surface area contributed by atoms with Gasteiger partial charge in [-0.2, -0.15) is 0 Å². The molecule has 1 amide bonds. The first-order valence-electron chi connectivity index (χ1n) is 9.11. The summed E-state index contributed by atoms with van der Waals surface area (Å²) in [5, 5.41) is 2.87. The second-order valence-electron chi connectivity index (χ2n) is 5.45. The first-order chi connectivity index (χ1) is 12.5. The minimum absolute atomic E-state index is 0.104. The first kappa shape index (κ1) is 24.4. The fourth-order valence-corrected chi connectivity index (χ4v) is 2.54. The number of benzene rings is 1. The molecule has 0 aliphatic rings. The largest absolute Gasteiger partial charge is 0.492 e. The standard InChI is InChI=1S/C17H27N3O3S.C2H6/c1-13(21)24-12-14-5-7-15(8-6-14)23-11-10-20-17(22)16(19)4-2-3-9-18;1-2/h5-8,16H,2-4,9-12,18-19H2,1H3,(H,20,22);1-2H3. The van der Waals surface area contributed by atoms with Crippen LogP contribution < -0.4 is 21.5 Å². The molecule has 0 saturated heterocycles. The molecule has 6 nitrogen and oxygen atoms in total. The molecule has 0 fully saturated rings. The summed E-state index contributed by atoms with van der Waals surface area (Å²) in [6.07, 6.45) is 2.38. The van der Waals surface area contributed by atoms with Crippen molar-refractivity contribution in [3.8, 4) is 5.75 Å². The number of hydrogen-bond acceptors (Lipinski definition) is 6. The molecule has 7 heteroatoms. The maximum atomic E-state index is 11.8. The number of carbonyl (C=O) groups is 2. The molecule has 0 aliphatic heterocycles. The predicted molar refractivity (Wildman–Crippen MR) is 109 cm³/mol. The molecule has 0 heterocycles. The van der Waals surface area contributed by atoms with Crippen LogP contribution >= 0.6 is 11.8 Å². The molecule has 0 spiro atoms. The summed E-state index contributed by atoms with van der Waals surface area (Å²) in [4.78, 5) is 22.7. The SMILES string of the molecule is CC.CC(=O)SCc1ccc(OCCNC(=O)C(N)CCCCN)cc1. The zero-order valence-corrected chi connectivity index (χ0v) is 16.9. The normalized spacial score (nSPS) is 11.1. The number of nitrogens with one attached hydrogen (secondary N) is 1. The van der Waals surface area contributed by atoms with Gasteiger partial charge in [0.1, 0.15) is 12.4 Å². The van der Waals surface area contributed by atoms with Crippen LogP contribution in [-0.4, -0.2) is 36.8 Å². The molecule has 1 aromatic rings. The van der Waals surface area contributed by atoms with Gasteiger partial charge in [-0.25, -0.2) is 0 Å². The van der Waals surface area contributed by atoms with Crippen molar-refractivity contribution < 1.29 is 14.3 Å². The van der Waals surface area contributed by atoms with Crippen LogP contribution in [0.15, 0.2) is 24.3 Å². The third kappa shape index (κ3) is 11.9. The second kappa shape index (κ2) is 15.7. The van der Waals surface area contributed by atoms with Gasteiger partial charge >= 0.3 is 0 Å². The van der Waals surface area contributed by atoms with Crippen LogP contribution in [0.25, 0.3) is 0 Å². The Morgan fingerprint density at radius 2 is 1.85 bits per heavy atom. The number of thioether (sulfide) groups is 1. The van der Waals surface area contributed by atoms with Crippen molar-refractivity contribution in [3.05, 3.63) is 29.8 Å². The Balaban J connectivity index is 0.00000301. The van der Waals surface area contributed by atoms with E-state index in [0.717, 1.165) is 24.2 Å². The van der Waals surface area contributed by atoms with Crippen LogP contribution in [0.2, 0.25) is 0 Å². The van der Waals surface area contributed by atoms with Gasteiger partial charge < -0.3 is 21.5 Å². The minimum Gasteiger partial charge on any atom is -0.492 e. The Kier molecular flexibility index (Phi) is 14.7. The number of carbonyl (C=O) groups excluding carboxylic acids is 2. The molecular weight excluding hydrogens is 350 g/mol. The van der Waals surface area contributed by atoms with E-state index in [1.807, 2.05) is 38.1 Å². The fourth-order valence-electron chi connectivity index (χ4n) is 1.98. The van der Waals surface area contributed by atoms with Crippen molar-refractivity contribution in [2.75, 3.05) is 19.7 Å². The molecule has 0 saturated carbocycles. The summed E-state index contributed by atoms with van der Waals surface area (Å²) in [7, 11) is 0. The highest BCUT2D eigenvalue weighted by Crippen LogP contribution is 2.17. The van der Waals surface area contributed by atoms with E-state index >= 15 is 0 Å². The lowest BCUT2D eigenvalue weighted by Gasteiger charge is -2.12. The average molecular weight is 384 g/mol. The third-order valence-electron chi connectivity index (χ3n) is 3.34. The van der Waals surface area contributed by atoms with Crippen LogP contribution in [0.4, 0.5) is 0 Å². The van der Waals surface area contributed by atoms with Crippen LogP contribution in [0.3, 0.4) is 0 Å². The number of unbranched alkanes of at least 4 members (excludes halogenated alkanes) is 1. The number of ether oxygens (including phenoxy) is 1. The molecular formula is C19H33N3O3S. The molecule has 0 radical (unpaired) electrons. The van der Waals surface area contributed by atoms with E-state index in [2.05, 4.69) is 5.32 Å². The summed E-state index contributed by atoms with van der Waals surface area (Å²) in [5.74, 6) is 1.23. The molecule has 0 bridgehead atoms. The second-order valence-corrected chi connectivity index (χ2v) is 6.61. The maximum absolute atomic E-state index is 11.8. The molecule has 26 heavy (non-hydrogen) atoms. The lowest BCUT2D eigenvalue weighted by molar-refractivity contribution is -0.122. The van der Waals surface area contributed by atoms with Crippen LogP contribution in [0.1, 0.15) is 45.6 Å². The van der Waals surface area contributed by atoms with E-state index in [4.69, 9.17) is 16.2 Å². The molecule has 0 aromatic heterocycles. The van der Waals surface area contributed by atoms with Crippen LogP contribution in [0, 0.1) is 0 Å². The highest BCUT2D eigenvalue weighted by Gasteiger charge is 2.11. The Bertz CT molecular complexity index is 509. The summed E-state index contributed by atoms with van der Waals surface area (Å²) >= 11 is 1.28. The Labute approximate surface area is 161 Å². The monoisotopic (exact) mass is 383 g/mol. The van der Waals surface area contributed by atoms with Gasteiger partial charge in [0, 0.05) is 12.7 Å². The van der Waals surface area contributed by atoms with Crippen LogP contribution in [-0.2, 0) is 15.3 Å². The quantitative estimate of drug-likeness (QED) is 0.507. The third-order valence-corrected chi connectivity index (χ3v) is 4.23. The Hall–Kier alpha value is -1.57.